The molecule has 0 fully saturated rings. The Labute approximate surface area is 74.6 Å². The van der Waals surface area contributed by atoms with Gasteiger partial charge in [-0.15, -0.1) is 0 Å². The summed E-state index contributed by atoms with van der Waals surface area (Å²) in [4.78, 5) is 0. The summed E-state index contributed by atoms with van der Waals surface area (Å²) in [5.41, 5.74) is 0. The number of hydrogen-bond donors (Lipinski definition) is 0. The Bertz CT molecular complexity index is 127. The van der Waals surface area contributed by atoms with E-state index in [1.54, 1.807) is 14.2 Å². The predicted octanol–water partition coefficient (Wildman–Crippen LogP) is 2.15. The highest BCUT2D eigenvalue weighted by Gasteiger charge is 2.10. The quantitative estimate of drug-likeness (QED) is 0.591. The average Bonchev–Trinajstić information content (AvgIpc) is 2.05. The van der Waals surface area contributed by atoms with Gasteiger partial charge in [0.15, 0.2) is 0 Å². The molecule has 0 aromatic carbocycles. The van der Waals surface area contributed by atoms with Crippen molar-refractivity contribution in [2.24, 2.45) is 0 Å². The molecule has 0 aromatic rings. The minimum atomic E-state index is 0.294. The Morgan fingerprint density at radius 2 is 1.33 bits per heavy atom. The van der Waals surface area contributed by atoms with Crippen molar-refractivity contribution in [1.29, 1.82) is 0 Å². The van der Waals surface area contributed by atoms with Gasteiger partial charge in [0, 0.05) is 14.2 Å². The van der Waals surface area contributed by atoms with E-state index in [1.807, 2.05) is 0 Å². The van der Waals surface area contributed by atoms with E-state index in [0.717, 1.165) is 12.8 Å². The normalized spacial score (nSPS) is 33.8. The van der Waals surface area contributed by atoms with Gasteiger partial charge in [0.2, 0.25) is 0 Å². The Kier molecular flexibility index (Phi) is 4.33. The highest BCUT2D eigenvalue weighted by Crippen LogP contribution is 2.15. The molecule has 2 unspecified atom stereocenters. The SMILES string of the molecule is COC1/C=C\C(OC)CCCC1. The molecule has 0 aliphatic heterocycles. The number of ether oxygens (including phenoxy) is 2. The molecule has 0 N–H and O–H groups in total. The molecule has 1 rings (SSSR count). The van der Waals surface area contributed by atoms with E-state index >= 15 is 0 Å². The van der Waals surface area contributed by atoms with Crippen molar-refractivity contribution >= 4 is 0 Å². The molecule has 2 nitrogen and oxygen atoms in total. The Hall–Kier alpha value is -0.340. The number of rotatable bonds is 2. The topological polar surface area (TPSA) is 18.5 Å². The minimum absolute atomic E-state index is 0.294. The van der Waals surface area contributed by atoms with Crippen LogP contribution in [0.5, 0.6) is 0 Å². The van der Waals surface area contributed by atoms with Crippen LogP contribution >= 0.6 is 0 Å². The molecule has 0 aromatic heterocycles. The van der Waals surface area contributed by atoms with Crippen LogP contribution in [0, 0.1) is 0 Å². The molecule has 0 heterocycles. The molecule has 1 aliphatic rings. The van der Waals surface area contributed by atoms with Crippen LogP contribution in [0.15, 0.2) is 12.2 Å². The van der Waals surface area contributed by atoms with Gasteiger partial charge in [-0.25, -0.2) is 0 Å². The molecule has 2 heteroatoms. The van der Waals surface area contributed by atoms with E-state index in [0.29, 0.717) is 12.2 Å². The van der Waals surface area contributed by atoms with Crippen LogP contribution in [0.3, 0.4) is 0 Å². The first-order chi connectivity index (χ1) is 5.86. The number of hydrogen-bond acceptors (Lipinski definition) is 2. The molecule has 70 valence electrons. The summed E-state index contributed by atoms with van der Waals surface area (Å²) in [5, 5.41) is 0. The zero-order valence-electron chi connectivity index (χ0n) is 7.95. The number of methoxy groups -OCH3 is 2. The molecule has 1 aliphatic carbocycles. The predicted molar refractivity (Wildman–Crippen MR) is 49.2 cm³/mol. The lowest BCUT2D eigenvalue weighted by Gasteiger charge is -2.17. The van der Waals surface area contributed by atoms with Crippen molar-refractivity contribution in [1.82, 2.24) is 0 Å². The summed E-state index contributed by atoms with van der Waals surface area (Å²) >= 11 is 0. The van der Waals surface area contributed by atoms with Crippen LogP contribution in [0.25, 0.3) is 0 Å². The van der Waals surface area contributed by atoms with E-state index in [4.69, 9.17) is 9.47 Å². The first-order valence-electron chi connectivity index (χ1n) is 4.60. The Morgan fingerprint density at radius 1 is 0.917 bits per heavy atom. The fraction of sp³-hybridized carbons (Fsp3) is 0.800. The maximum Gasteiger partial charge on any atom is 0.0752 e. The monoisotopic (exact) mass is 170 g/mol. The van der Waals surface area contributed by atoms with Gasteiger partial charge in [0.05, 0.1) is 12.2 Å². The van der Waals surface area contributed by atoms with Crippen molar-refractivity contribution in [3.63, 3.8) is 0 Å². The van der Waals surface area contributed by atoms with Gasteiger partial charge in [-0.3, -0.25) is 0 Å². The molecule has 0 radical (unpaired) electrons. The zero-order valence-corrected chi connectivity index (χ0v) is 7.95. The van der Waals surface area contributed by atoms with Crippen LogP contribution in [0.4, 0.5) is 0 Å². The van der Waals surface area contributed by atoms with Gasteiger partial charge in [-0.1, -0.05) is 25.0 Å². The molecular formula is C10H18O2. The third-order valence-corrected chi connectivity index (χ3v) is 2.37. The van der Waals surface area contributed by atoms with Crippen molar-refractivity contribution in [2.75, 3.05) is 14.2 Å². The van der Waals surface area contributed by atoms with Gasteiger partial charge < -0.3 is 9.47 Å². The molecule has 0 saturated heterocycles. The summed E-state index contributed by atoms with van der Waals surface area (Å²) in [6.45, 7) is 0. The molecule has 0 amide bonds. The Balaban J connectivity index is 2.45. The second-order valence-corrected chi connectivity index (χ2v) is 3.22. The second kappa shape index (κ2) is 5.33. The maximum atomic E-state index is 5.28. The largest absolute Gasteiger partial charge is 0.377 e. The van der Waals surface area contributed by atoms with Crippen LogP contribution in [-0.2, 0) is 9.47 Å². The fourth-order valence-electron chi connectivity index (χ4n) is 1.52. The van der Waals surface area contributed by atoms with E-state index in [2.05, 4.69) is 12.2 Å². The first kappa shape index (κ1) is 9.75. The highest BCUT2D eigenvalue weighted by molar-refractivity contribution is 4.96. The van der Waals surface area contributed by atoms with Crippen molar-refractivity contribution in [3.05, 3.63) is 12.2 Å². The molecule has 12 heavy (non-hydrogen) atoms. The highest BCUT2D eigenvalue weighted by atomic mass is 16.5. The van der Waals surface area contributed by atoms with Crippen LogP contribution in [-0.4, -0.2) is 26.4 Å². The van der Waals surface area contributed by atoms with Gasteiger partial charge >= 0.3 is 0 Å². The third kappa shape index (κ3) is 2.95. The van der Waals surface area contributed by atoms with Crippen LogP contribution in [0.1, 0.15) is 25.7 Å². The lowest BCUT2D eigenvalue weighted by atomic mass is 10.0. The summed E-state index contributed by atoms with van der Waals surface area (Å²) in [7, 11) is 3.52. The van der Waals surface area contributed by atoms with Crippen molar-refractivity contribution in [3.8, 4) is 0 Å². The van der Waals surface area contributed by atoms with Crippen molar-refractivity contribution in [2.45, 2.75) is 37.9 Å². The second-order valence-electron chi connectivity index (χ2n) is 3.22. The average molecular weight is 170 g/mol. The lowest BCUT2D eigenvalue weighted by Crippen LogP contribution is -2.14. The zero-order chi connectivity index (χ0) is 8.81. The van der Waals surface area contributed by atoms with Gasteiger partial charge in [0.1, 0.15) is 0 Å². The fourth-order valence-corrected chi connectivity index (χ4v) is 1.52. The Morgan fingerprint density at radius 3 is 1.67 bits per heavy atom. The van der Waals surface area contributed by atoms with E-state index in [9.17, 15) is 0 Å². The van der Waals surface area contributed by atoms with Crippen LogP contribution < -0.4 is 0 Å². The summed E-state index contributed by atoms with van der Waals surface area (Å²) in [5.74, 6) is 0. The van der Waals surface area contributed by atoms with E-state index in [-0.39, 0.29) is 0 Å². The smallest absolute Gasteiger partial charge is 0.0752 e. The van der Waals surface area contributed by atoms with Crippen LogP contribution in [0.2, 0.25) is 0 Å². The summed E-state index contributed by atoms with van der Waals surface area (Å²) < 4.78 is 10.6. The lowest BCUT2D eigenvalue weighted by molar-refractivity contribution is 0.106. The third-order valence-electron chi connectivity index (χ3n) is 2.37. The molecule has 0 spiro atoms. The van der Waals surface area contributed by atoms with E-state index in [1.165, 1.54) is 12.8 Å². The van der Waals surface area contributed by atoms with E-state index < -0.39 is 0 Å². The van der Waals surface area contributed by atoms with Crippen molar-refractivity contribution < 1.29 is 9.47 Å². The molecule has 2 atom stereocenters. The summed E-state index contributed by atoms with van der Waals surface area (Å²) in [6.07, 6.45) is 9.59. The van der Waals surface area contributed by atoms with Gasteiger partial charge in [-0.2, -0.15) is 0 Å². The molecule has 0 bridgehead atoms. The molecular weight excluding hydrogens is 152 g/mol. The first-order valence-corrected chi connectivity index (χ1v) is 4.60. The summed E-state index contributed by atoms with van der Waals surface area (Å²) in [6, 6.07) is 0. The van der Waals surface area contributed by atoms with Gasteiger partial charge in [0.25, 0.3) is 0 Å². The minimum Gasteiger partial charge on any atom is -0.377 e. The van der Waals surface area contributed by atoms with Gasteiger partial charge in [-0.05, 0) is 12.8 Å². The molecule has 0 saturated carbocycles. The maximum absolute atomic E-state index is 5.28. The standard InChI is InChI=1S/C10H18O2/c1-11-9-5-3-4-6-10(12-2)8-7-9/h7-10H,3-6H2,1-2H3/b8-7-.